The maximum absolute atomic E-state index is 11.8. The fourth-order valence-electron chi connectivity index (χ4n) is 2.92. The van der Waals surface area contributed by atoms with Gasteiger partial charge in [0.25, 0.3) is 0 Å². The molecule has 7 heteroatoms. The largest absolute Gasteiger partial charge is 0.504 e. The highest BCUT2D eigenvalue weighted by atomic mass is 16.5. The topological polar surface area (TPSA) is 108 Å². The van der Waals surface area contributed by atoms with E-state index in [-0.39, 0.29) is 22.7 Å². The van der Waals surface area contributed by atoms with Gasteiger partial charge in [-0.15, -0.1) is 0 Å². The highest BCUT2D eigenvalue weighted by molar-refractivity contribution is 6.02. The Morgan fingerprint density at radius 2 is 1.85 bits per heavy atom. The number of ether oxygens (including phenoxy) is 1. The van der Waals surface area contributed by atoms with Gasteiger partial charge in [0.05, 0.1) is 23.9 Å². The average molecular weight is 361 g/mol. The smallest absolute Gasteiger partial charge is 0.338 e. The number of nitrogens with zero attached hydrogens (tertiary/aromatic N) is 2. The third kappa shape index (κ3) is 2.85. The van der Waals surface area contributed by atoms with Gasteiger partial charge < -0.3 is 19.9 Å². The molecule has 0 saturated heterocycles. The zero-order valence-corrected chi connectivity index (χ0v) is 14.3. The molecule has 2 aromatic carbocycles. The minimum atomic E-state index is -1.12. The summed E-state index contributed by atoms with van der Waals surface area (Å²) in [5, 5.41) is 20.0. The SMILES string of the molecule is COc1cccc(-c2cc(C(=O)O)c3[nH]c(-c4ccccc4)nc3n2)c1O. The van der Waals surface area contributed by atoms with Crippen molar-refractivity contribution in [1.29, 1.82) is 0 Å². The molecule has 0 atom stereocenters. The summed E-state index contributed by atoms with van der Waals surface area (Å²) in [5.41, 5.74) is 2.08. The molecule has 3 N–H and O–H groups in total. The minimum Gasteiger partial charge on any atom is -0.504 e. The van der Waals surface area contributed by atoms with Crippen LogP contribution in [-0.4, -0.2) is 38.2 Å². The van der Waals surface area contributed by atoms with Gasteiger partial charge in [0.15, 0.2) is 17.1 Å². The number of phenols is 1. The number of nitrogens with one attached hydrogen (secondary N) is 1. The summed E-state index contributed by atoms with van der Waals surface area (Å²) in [6.45, 7) is 0. The van der Waals surface area contributed by atoms with Crippen LogP contribution in [0.5, 0.6) is 11.5 Å². The van der Waals surface area contributed by atoms with Gasteiger partial charge in [0.1, 0.15) is 5.82 Å². The molecule has 0 bridgehead atoms. The molecule has 0 aliphatic rings. The van der Waals surface area contributed by atoms with E-state index < -0.39 is 5.97 Å². The van der Waals surface area contributed by atoms with Gasteiger partial charge in [-0.2, -0.15) is 0 Å². The number of carboxylic acid groups (broad SMARTS) is 1. The molecule has 0 saturated carbocycles. The van der Waals surface area contributed by atoms with Crippen molar-refractivity contribution >= 4 is 17.1 Å². The first-order chi connectivity index (χ1) is 13.1. The number of rotatable bonds is 4. The van der Waals surface area contributed by atoms with Crippen LogP contribution in [0, 0.1) is 0 Å². The number of aromatic carboxylic acids is 1. The number of pyridine rings is 1. The Hall–Kier alpha value is -3.87. The maximum atomic E-state index is 11.8. The number of imidazole rings is 1. The summed E-state index contributed by atoms with van der Waals surface area (Å²) in [6.07, 6.45) is 0. The van der Waals surface area contributed by atoms with Crippen molar-refractivity contribution in [2.75, 3.05) is 7.11 Å². The monoisotopic (exact) mass is 361 g/mol. The summed E-state index contributed by atoms with van der Waals surface area (Å²) >= 11 is 0. The number of para-hydroxylation sites is 1. The number of H-pyrrole nitrogens is 1. The molecule has 27 heavy (non-hydrogen) atoms. The van der Waals surface area contributed by atoms with Crippen molar-refractivity contribution in [3.63, 3.8) is 0 Å². The third-order valence-corrected chi connectivity index (χ3v) is 4.23. The normalized spacial score (nSPS) is 10.9. The number of methoxy groups -OCH3 is 1. The number of aromatic hydroxyl groups is 1. The molecule has 0 amide bonds. The first-order valence-corrected chi connectivity index (χ1v) is 8.14. The first-order valence-electron chi connectivity index (χ1n) is 8.14. The Kier molecular flexibility index (Phi) is 3.97. The second-order valence-electron chi connectivity index (χ2n) is 5.87. The second kappa shape index (κ2) is 6.45. The molecule has 0 aliphatic heterocycles. The molecular weight excluding hydrogens is 346 g/mol. The second-order valence-corrected chi connectivity index (χ2v) is 5.87. The van der Waals surface area contributed by atoms with Crippen LogP contribution in [-0.2, 0) is 0 Å². The highest BCUT2D eigenvalue weighted by Gasteiger charge is 2.19. The van der Waals surface area contributed by atoms with Crippen molar-refractivity contribution in [3.8, 4) is 34.1 Å². The Labute approximate surface area is 153 Å². The van der Waals surface area contributed by atoms with Crippen LogP contribution in [0.15, 0.2) is 54.6 Å². The van der Waals surface area contributed by atoms with E-state index in [0.29, 0.717) is 22.6 Å². The molecule has 2 heterocycles. The highest BCUT2D eigenvalue weighted by Crippen LogP contribution is 2.37. The van der Waals surface area contributed by atoms with Gasteiger partial charge in [0, 0.05) is 11.1 Å². The van der Waals surface area contributed by atoms with Gasteiger partial charge in [-0.1, -0.05) is 36.4 Å². The molecule has 0 spiro atoms. The van der Waals surface area contributed by atoms with E-state index in [9.17, 15) is 15.0 Å². The predicted molar refractivity (Wildman–Crippen MR) is 99.9 cm³/mol. The fourth-order valence-corrected chi connectivity index (χ4v) is 2.92. The number of benzene rings is 2. The number of carboxylic acids is 1. The fraction of sp³-hybridized carbons (Fsp3) is 0.0500. The van der Waals surface area contributed by atoms with E-state index in [0.717, 1.165) is 5.56 Å². The number of hydrogen-bond acceptors (Lipinski definition) is 5. The molecule has 7 nitrogen and oxygen atoms in total. The van der Waals surface area contributed by atoms with E-state index in [4.69, 9.17) is 4.74 Å². The molecule has 4 aromatic rings. The third-order valence-electron chi connectivity index (χ3n) is 4.23. The molecule has 0 unspecified atom stereocenters. The molecule has 2 aromatic heterocycles. The lowest BCUT2D eigenvalue weighted by molar-refractivity contribution is 0.0699. The van der Waals surface area contributed by atoms with E-state index in [2.05, 4.69) is 15.0 Å². The quantitative estimate of drug-likeness (QED) is 0.511. The van der Waals surface area contributed by atoms with Gasteiger partial charge in [-0.3, -0.25) is 0 Å². The van der Waals surface area contributed by atoms with Crippen LogP contribution in [0.4, 0.5) is 0 Å². The van der Waals surface area contributed by atoms with Crippen LogP contribution in [0.25, 0.3) is 33.8 Å². The number of aromatic amines is 1. The molecule has 0 radical (unpaired) electrons. The standard InChI is InChI=1S/C20H15N3O4/c1-27-15-9-5-8-12(17(15)24)14-10-13(20(25)26)16-19(21-14)23-18(22-16)11-6-3-2-4-7-11/h2-10,24H,1H3,(H,25,26)(H,21,22,23). The van der Waals surface area contributed by atoms with Crippen LogP contribution >= 0.6 is 0 Å². The summed E-state index contributed by atoms with van der Waals surface area (Å²) in [4.78, 5) is 23.7. The number of hydrogen-bond donors (Lipinski definition) is 3. The van der Waals surface area contributed by atoms with Gasteiger partial charge in [-0.05, 0) is 18.2 Å². The van der Waals surface area contributed by atoms with Gasteiger partial charge in [0.2, 0.25) is 0 Å². The van der Waals surface area contributed by atoms with Crippen molar-refractivity contribution in [2.45, 2.75) is 0 Å². The van der Waals surface area contributed by atoms with Crippen LogP contribution < -0.4 is 4.74 Å². The van der Waals surface area contributed by atoms with Crippen molar-refractivity contribution in [3.05, 3.63) is 60.2 Å². The van der Waals surface area contributed by atoms with Crippen molar-refractivity contribution < 1.29 is 19.7 Å². The molecule has 0 fully saturated rings. The Balaban J connectivity index is 1.95. The summed E-state index contributed by atoms with van der Waals surface area (Å²) in [5.74, 6) is -0.429. The van der Waals surface area contributed by atoms with Crippen molar-refractivity contribution in [1.82, 2.24) is 15.0 Å². The molecular formula is C20H15N3O4. The number of aromatic nitrogens is 3. The summed E-state index contributed by atoms with van der Waals surface area (Å²) < 4.78 is 5.12. The van der Waals surface area contributed by atoms with E-state index in [1.807, 2.05) is 30.3 Å². The zero-order chi connectivity index (χ0) is 19.0. The lowest BCUT2D eigenvalue weighted by Gasteiger charge is -2.09. The van der Waals surface area contributed by atoms with E-state index in [1.54, 1.807) is 18.2 Å². The van der Waals surface area contributed by atoms with Crippen LogP contribution in [0.2, 0.25) is 0 Å². The van der Waals surface area contributed by atoms with Crippen molar-refractivity contribution in [2.24, 2.45) is 0 Å². The zero-order valence-electron chi connectivity index (χ0n) is 14.3. The van der Waals surface area contributed by atoms with Gasteiger partial charge in [-0.25, -0.2) is 14.8 Å². The average Bonchev–Trinajstić information content (AvgIpc) is 3.12. The number of fused-ring (bicyclic) bond motifs is 1. The summed E-state index contributed by atoms with van der Waals surface area (Å²) in [6, 6.07) is 15.7. The minimum absolute atomic E-state index is 0.0203. The van der Waals surface area contributed by atoms with Crippen LogP contribution in [0.1, 0.15) is 10.4 Å². The maximum Gasteiger partial charge on any atom is 0.338 e. The Bertz CT molecular complexity index is 1150. The number of phenolic OH excluding ortho intramolecular Hbond substituents is 1. The Morgan fingerprint density at radius 1 is 1.07 bits per heavy atom. The number of carbonyl (C=O) groups is 1. The lowest BCUT2D eigenvalue weighted by atomic mass is 10.1. The lowest BCUT2D eigenvalue weighted by Crippen LogP contribution is -2.00. The van der Waals surface area contributed by atoms with Gasteiger partial charge >= 0.3 is 5.97 Å². The van der Waals surface area contributed by atoms with E-state index >= 15 is 0 Å². The van der Waals surface area contributed by atoms with E-state index in [1.165, 1.54) is 13.2 Å². The Morgan fingerprint density at radius 3 is 2.56 bits per heavy atom. The molecule has 134 valence electrons. The first kappa shape index (κ1) is 16.6. The summed E-state index contributed by atoms with van der Waals surface area (Å²) in [7, 11) is 1.44. The predicted octanol–water partition coefficient (Wildman–Crippen LogP) is 3.70. The van der Waals surface area contributed by atoms with Crippen LogP contribution in [0.3, 0.4) is 0 Å². The molecule has 4 rings (SSSR count). The molecule has 0 aliphatic carbocycles.